The lowest BCUT2D eigenvalue weighted by atomic mass is 9.84. The first kappa shape index (κ1) is 16.6. The standard InChI is InChI=1S/C18H27N5O2/c24-18(22-14-4-1-2-5-14)23-9-6-13-12-25-16(15(13)11-23)10-21-17-19-7-3-8-20-17/h3,7-8,13-16H,1-2,4-6,9-12H2,(H,22,24)(H,19,20,21)/t13-,15-,16+/m0/s1. The number of hydrogen-bond acceptors (Lipinski definition) is 5. The maximum absolute atomic E-state index is 12.6. The summed E-state index contributed by atoms with van der Waals surface area (Å²) in [7, 11) is 0. The molecule has 0 unspecified atom stereocenters. The number of fused-ring (bicyclic) bond motifs is 1. The number of nitrogens with one attached hydrogen (secondary N) is 2. The number of piperidine rings is 1. The van der Waals surface area contributed by atoms with Gasteiger partial charge in [0.25, 0.3) is 0 Å². The molecule has 2 saturated heterocycles. The van der Waals surface area contributed by atoms with Gasteiger partial charge in [0.15, 0.2) is 0 Å². The molecule has 2 aliphatic heterocycles. The van der Waals surface area contributed by atoms with Gasteiger partial charge in [-0.05, 0) is 31.2 Å². The Balaban J connectivity index is 1.31. The Labute approximate surface area is 148 Å². The highest BCUT2D eigenvalue weighted by molar-refractivity contribution is 5.74. The lowest BCUT2D eigenvalue weighted by molar-refractivity contribution is 0.0901. The monoisotopic (exact) mass is 345 g/mol. The van der Waals surface area contributed by atoms with Gasteiger partial charge in [-0.25, -0.2) is 14.8 Å². The van der Waals surface area contributed by atoms with Crippen molar-refractivity contribution in [2.24, 2.45) is 11.8 Å². The van der Waals surface area contributed by atoms with Gasteiger partial charge in [0.2, 0.25) is 5.95 Å². The van der Waals surface area contributed by atoms with Gasteiger partial charge in [-0.2, -0.15) is 0 Å². The van der Waals surface area contributed by atoms with E-state index in [4.69, 9.17) is 4.74 Å². The van der Waals surface area contributed by atoms with Crippen molar-refractivity contribution in [2.75, 3.05) is 31.6 Å². The van der Waals surface area contributed by atoms with Crippen LogP contribution in [0.1, 0.15) is 32.1 Å². The predicted molar refractivity (Wildman–Crippen MR) is 94.2 cm³/mol. The highest BCUT2D eigenvalue weighted by atomic mass is 16.5. The largest absolute Gasteiger partial charge is 0.376 e. The maximum Gasteiger partial charge on any atom is 0.317 e. The molecule has 136 valence electrons. The third-order valence-electron chi connectivity index (χ3n) is 5.81. The highest BCUT2D eigenvalue weighted by Crippen LogP contribution is 2.34. The minimum absolute atomic E-state index is 0.107. The van der Waals surface area contributed by atoms with Crippen LogP contribution in [0.15, 0.2) is 18.5 Å². The molecular formula is C18H27N5O2. The summed E-state index contributed by atoms with van der Waals surface area (Å²) in [6.45, 7) is 3.10. The van der Waals surface area contributed by atoms with Crippen molar-refractivity contribution in [3.8, 4) is 0 Å². The molecule has 0 bridgehead atoms. The first-order valence-corrected chi connectivity index (χ1v) is 9.47. The SMILES string of the molecule is O=C(NC1CCCC1)N1CC[C@H]2CO[C@H](CNc3ncccn3)[C@H]2C1. The lowest BCUT2D eigenvalue weighted by Crippen LogP contribution is -2.51. The Morgan fingerprint density at radius 1 is 1.24 bits per heavy atom. The van der Waals surface area contributed by atoms with Gasteiger partial charge in [-0.3, -0.25) is 0 Å². The van der Waals surface area contributed by atoms with Gasteiger partial charge < -0.3 is 20.3 Å². The molecule has 2 N–H and O–H groups in total. The third-order valence-corrected chi connectivity index (χ3v) is 5.81. The number of carbonyl (C=O) groups excluding carboxylic acids is 1. The first-order valence-electron chi connectivity index (χ1n) is 9.47. The van der Waals surface area contributed by atoms with Crippen molar-refractivity contribution >= 4 is 12.0 Å². The van der Waals surface area contributed by atoms with Crippen LogP contribution in [0.4, 0.5) is 10.7 Å². The van der Waals surface area contributed by atoms with Crippen LogP contribution >= 0.6 is 0 Å². The van der Waals surface area contributed by atoms with E-state index in [2.05, 4.69) is 20.6 Å². The van der Waals surface area contributed by atoms with E-state index in [1.165, 1.54) is 12.8 Å². The highest BCUT2D eigenvalue weighted by Gasteiger charge is 2.42. The molecule has 3 aliphatic rings. The Morgan fingerprint density at radius 2 is 2.04 bits per heavy atom. The fraction of sp³-hybridized carbons (Fsp3) is 0.722. The summed E-state index contributed by atoms with van der Waals surface area (Å²) < 4.78 is 6.01. The summed E-state index contributed by atoms with van der Waals surface area (Å²) in [4.78, 5) is 22.9. The maximum atomic E-state index is 12.6. The fourth-order valence-electron chi connectivity index (χ4n) is 4.34. The topological polar surface area (TPSA) is 79.4 Å². The second-order valence-electron chi connectivity index (χ2n) is 7.41. The third kappa shape index (κ3) is 3.86. The van der Waals surface area contributed by atoms with Crippen LogP contribution in [0.5, 0.6) is 0 Å². The van der Waals surface area contributed by atoms with Gasteiger partial charge in [0.05, 0.1) is 12.7 Å². The Hall–Kier alpha value is -1.89. The molecule has 0 spiro atoms. The van der Waals surface area contributed by atoms with Crippen molar-refractivity contribution in [3.63, 3.8) is 0 Å². The van der Waals surface area contributed by atoms with E-state index in [0.29, 0.717) is 30.4 Å². The van der Waals surface area contributed by atoms with Gasteiger partial charge in [-0.1, -0.05) is 12.8 Å². The fourth-order valence-corrected chi connectivity index (χ4v) is 4.34. The second-order valence-corrected chi connectivity index (χ2v) is 7.41. The Bertz CT molecular complexity index is 578. The molecule has 2 amide bonds. The number of urea groups is 1. The van der Waals surface area contributed by atoms with Gasteiger partial charge in [0.1, 0.15) is 0 Å². The van der Waals surface area contributed by atoms with Crippen molar-refractivity contribution in [1.82, 2.24) is 20.2 Å². The van der Waals surface area contributed by atoms with Crippen LogP contribution in [0.2, 0.25) is 0 Å². The quantitative estimate of drug-likeness (QED) is 0.871. The van der Waals surface area contributed by atoms with Gasteiger partial charge >= 0.3 is 6.03 Å². The zero-order chi connectivity index (χ0) is 17.1. The average Bonchev–Trinajstić information content (AvgIpc) is 3.30. The molecular weight excluding hydrogens is 318 g/mol. The zero-order valence-electron chi connectivity index (χ0n) is 14.6. The normalized spacial score (nSPS) is 29.4. The molecule has 7 heteroatoms. The lowest BCUT2D eigenvalue weighted by Gasteiger charge is -2.36. The van der Waals surface area contributed by atoms with Crippen LogP contribution in [0.25, 0.3) is 0 Å². The summed E-state index contributed by atoms with van der Waals surface area (Å²) in [6.07, 6.45) is 9.30. The van der Waals surface area contributed by atoms with E-state index in [9.17, 15) is 4.79 Å². The average molecular weight is 345 g/mol. The van der Waals surface area contributed by atoms with E-state index >= 15 is 0 Å². The molecule has 4 rings (SSSR count). The number of likely N-dealkylation sites (tertiary alicyclic amines) is 1. The summed E-state index contributed by atoms with van der Waals surface area (Å²) in [6, 6.07) is 2.28. The van der Waals surface area contributed by atoms with Crippen LogP contribution in [-0.4, -0.2) is 59.3 Å². The molecule has 3 atom stereocenters. The minimum Gasteiger partial charge on any atom is -0.376 e. The van der Waals surface area contributed by atoms with Crippen LogP contribution in [0, 0.1) is 11.8 Å². The van der Waals surface area contributed by atoms with Crippen LogP contribution in [0.3, 0.4) is 0 Å². The Kier molecular flexibility index (Phi) is 5.01. The second kappa shape index (κ2) is 7.56. The molecule has 0 aromatic carbocycles. The molecule has 1 aromatic heterocycles. The van der Waals surface area contributed by atoms with E-state index in [-0.39, 0.29) is 12.1 Å². The number of aromatic nitrogens is 2. The number of anilines is 1. The van der Waals surface area contributed by atoms with Crippen molar-refractivity contribution < 1.29 is 9.53 Å². The van der Waals surface area contributed by atoms with Crippen LogP contribution in [-0.2, 0) is 4.74 Å². The number of amides is 2. The predicted octanol–water partition coefficient (Wildman–Crippen LogP) is 1.88. The number of hydrogen-bond donors (Lipinski definition) is 2. The van der Waals surface area contributed by atoms with Crippen molar-refractivity contribution in [2.45, 2.75) is 44.2 Å². The molecule has 3 fully saturated rings. The van der Waals surface area contributed by atoms with Crippen molar-refractivity contribution in [3.05, 3.63) is 18.5 Å². The van der Waals surface area contributed by atoms with E-state index < -0.39 is 0 Å². The van der Waals surface area contributed by atoms with Crippen LogP contribution < -0.4 is 10.6 Å². The number of carbonyl (C=O) groups is 1. The molecule has 1 aromatic rings. The molecule has 3 heterocycles. The molecule has 7 nitrogen and oxygen atoms in total. The van der Waals surface area contributed by atoms with E-state index in [1.807, 2.05) is 4.90 Å². The molecule has 1 aliphatic carbocycles. The summed E-state index contributed by atoms with van der Waals surface area (Å²) in [5.41, 5.74) is 0. The smallest absolute Gasteiger partial charge is 0.317 e. The summed E-state index contributed by atoms with van der Waals surface area (Å²) in [5.74, 6) is 1.57. The van der Waals surface area contributed by atoms with Crippen molar-refractivity contribution in [1.29, 1.82) is 0 Å². The number of ether oxygens (including phenoxy) is 1. The minimum atomic E-state index is 0.107. The Morgan fingerprint density at radius 3 is 2.84 bits per heavy atom. The zero-order valence-corrected chi connectivity index (χ0v) is 14.6. The summed E-state index contributed by atoms with van der Waals surface area (Å²) >= 11 is 0. The van der Waals surface area contributed by atoms with Gasteiger partial charge in [-0.15, -0.1) is 0 Å². The molecule has 25 heavy (non-hydrogen) atoms. The summed E-state index contributed by atoms with van der Waals surface area (Å²) in [5, 5.41) is 6.47. The molecule has 0 radical (unpaired) electrons. The first-order chi connectivity index (χ1) is 12.3. The number of rotatable bonds is 4. The van der Waals surface area contributed by atoms with Gasteiger partial charge in [0, 0.05) is 44.0 Å². The van der Waals surface area contributed by atoms with E-state index in [0.717, 1.165) is 39.0 Å². The van der Waals surface area contributed by atoms with E-state index in [1.54, 1.807) is 18.5 Å². The molecule has 1 saturated carbocycles. The number of nitrogens with zero attached hydrogens (tertiary/aromatic N) is 3.